The highest BCUT2D eigenvalue weighted by molar-refractivity contribution is 5.89. The number of hydrogen-bond donors (Lipinski definition) is 1. The number of carbonyl (C=O) groups is 1. The van der Waals surface area contributed by atoms with Crippen molar-refractivity contribution in [3.8, 4) is 5.95 Å². The van der Waals surface area contributed by atoms with Crippen molar-refractivity contribution in [1.82, 2.24) is 19.7 Å². The lowest BCUT2D eigenvalue weighted by atomic mass is 10.4. The molecule has 0 bridgehead atoms. The number of aromatic nitrogens is 4. The topological polar surface area (TPSA) is 167 Å². The highest BCUT2D eigenvalue weighted by atomic mass is 16.6. The van der Waals surface area contributed by atoms with Gasteiger partial charge in [0.25, 0.3) is 5.95 Å². The van der Waals surface area contributed by atoms with Gasteiger partial charge in [0, 0.05) is 0 Å². The highest BCUT2D eigenvalue weighted by Crippen LogP contribution is 2.18. The van der Waals surface area contributed by atoms with E-state index in [0.717, 1.165) is 23.3 Å². The Hall–Kier alpha value is -3.44. The van der Waals surface area contributed by atoms with E-state index in [4.69, 9.17) is 5.11 Å². The number of rotatable bonds is 4. The Morgan fingerprint density at radius 3 is 2.20 bits per heavy atom. The Morgan fingerprint density at radius 2 is 1.80 bits per heavy atom. The van der Waals surface area contributed by atoms with Crippen LogP contribution in [0.2, 0.25) is 0 Å². The van der Waals surface area contributed by atoms with Crippen molar-refractivity contribution < 1.29 is 19.7 Å². The molecule has 1 N–H and O–H groups in total. The molecule has 12 heteroatoms. The summed E-state index contributed by atoms with van der Waals surface area (Å²) >= 11 is 0. The number of nitro groups is 2. The van der Waals surface area contributed by atoms with Crippen molar-refractivity contribution in [2.24, 2.45) is 0 Å². The van der Waals surface area contributed by atoms with Crippen molar-refractivity contribution >= 4 is 17.3 Å². The first kappa shape index (κ1) is 13.0. The van der Waals surface area contributed by atoms with Gasteiger partial charge in [-0.05, 0) is 0 Å². The summed E-state index contributed by atoms with van der Waals surface area (Å²) in [7, 11) is 0. The maximum Gasteiger partial charge on any atom is 0.363 e. The lowest BCUT2D eigenvalue weighted by Crippen LogP contribution is -2.05. The zero-order valence-electron chi connectivity index (χ0n) is 9.40. The monoisotopic (exact) mass is 280 g/mol. The molecule has 0 aromatic carbocycles. The summed E-state index contributed by atoms with van der Waals surface area (Å²) in [6.07, 6.45) is 2.55. The van der Waals surface area contributed by atoms with Crippen molar-refractivity contribution in [1.29, 1.82) is 0 Å². The molecule has 2 aromatic heterocycles. The number of aromatic carboxylic acids is 1. The standard InChI is InChI=1S/C8H4N6O6/c15-7(16)6-5(14(19)20)3-12(11-6)8-9-1-4(2-10-8)13(17)18/h1-3H,(H,15,16). The van der Waals surface area contributed by atoms with Crippen molar-refractivity contribution in [3.05, 3.63) is 44.5 Å². The van der Waals surface area contributed by atoms with Crippen LogP contribution in [0.1, 0.15) is 10.5 Å². The van der Waals surface area contributed by atoms with Crippen LogP contribution in [0, 0.1) is 20.2 Å². The molecule has 12 nitrogen and oxygen atoms in total. The summed E-state index contributed by atoms with van der Waals surface area (Å²) in [5, 5.41) is 33.3. The largest absolute Gasteiger partial charge is 0.476 e. The van der Waals surface area contributed by atoms with E-state index in [1.165, 1.54) is 0 Å². The van der Waals surface area contributed by atoms with E-state index in [9.17, 15) is 25.0 Å². The van der Waals surface area contributed by atoms with Gasteiger partial charge in [0.2, 0.25) is 5.69 Å². The molecule has 0 saturated heterocycles. The van der Waals surface area contributed by atoms with Crippen LogP contribution in [0.5, 0.6) is 0 Å². The van der Waals surface area contributed by atoms with Gasteiger partial charge in [-0.3, -0.25) is 20.2 Å². The van der Waals surface area contributed by atoms with Crippen LogP contribution in [0.4, 0.5) is 11.4 Å². The van der Waals surface area contributed by atoms with Gasteiger partial charge in [-0.2, -0.15) is 9.78 Å². The summed E-state index contributed by atoms with van der Waals surface area (Å²) in [6, 6.07) is 0. The van der Waals surface area contributed by atoms with Crippen molar-refractivity contribution in [2.75, 3.05) is 0 Å². The summed E-state index contributed by atoms with van der Waals surface area (Å²) in [5.74, 6) is -1.82. The molecule has 0 aliphatic carbocycles. The van der Waals surface area contributed by atoms with Crippen LogP contribution in [-0.2, 0) is 0 Å². The van der Waals surface area contributed by atoms with E-state index in [0.29, 0.717) is 0 Å². The van der Waals surface area contributed by atoms with Gasteiger partial charge in [0.05, 0.1) is 9.85 Å². The quantitative estimate of drug-likeness (QED) is 0.606. The second-order valence-electron chi connectivity index (χ2n) is 3.37. The molecule has 2 heterocycles. The van der Waals surface area contributed by atoms with Crippen LogP contribution in [0.3, 0.4) is 0 Å². The molecular weight excluding hydrogens is 276 g/mol. The first-order valence-electron chi connectivity index (χ1n) is 4.84. The average molecular weight is 280 g/mol. The van der Waals surface area contributed by atoms with Gasteiger partial charge in [-0.1, -0.05) is 0 Å². The van der Waals surface area contributed by atoms with E-state index >= 15 is 0 Å². The molecule has 20 heavy (non-hydrogen) atoms. The first-order valence-corrected chi connectivity index (χ1v) is 4.84. The summed E-state index contributed by atoms with van der Waals surface area (Å²) < 4.78 is 0.755. The fraction of sp³-hybridized carbons (Fsp3) is 0. The van der Waals surface area contributed by atoms with Gasteiger partial charge >= 0.3 is 17.3 Å². The molecule has 0 spiro atoms. The number of nitrogens with zero attached hydrogens (tertiary/aromatic N) is 6. The molecule has 0 saturated carbocycles. The fourth-order valence-electron chi connectivity index (χ4n) is 1.28. The minimum absolute atomic E-state index is 0.230. The van der Waals surface area contributed by atoms with Gasteiger partial charge in [0.1, 0.15) is 18.6 Å². The smallest absolute Gasteiger partial charge is 0.363 e. The molecule has 2 rings (SSSR count). The molecule has 0 radical (unpaired) electrons. The van der Waals surface area contributed by atoms with Gasteiger partial charge in [-0.15, -0.1) is 0 Å². The second kappa shape index (κ2) is 4.68. The Morgan fingerprint density at radius 1 is 1.20 bits per heavy atom. The minimum Gasteiger partial charge on any atom is -0.476 e. The third kappa shape index (κ3) is 2.24. The molecule has 0 unspecified atom stereocenters. The lowest BCUT2D eigenvalue weighted by Gasteiger charge is -1.96. The molecule has 0 aliphatic heterocycles. The number of carboxylic acids is 1. The maximum atomic E-state index is 10.8. The molecule has 102 valence electrons. The Kier molecular flexibility index (Phi) is 3.04. The third-order valence-electron chi connectivity index (χ3n) is 2.13. The molecular formula is C8H4N6O6. The summed E-state index contributed by atoms with van der Waals surface area (Å²) in [5.41, 5.74) is -1.90. The van der Waals surface area contributed by atoms with Crippen molar-refractivity contribution in [2.45, 2.75) is 0 Å². The van der Waals surface area contributed by atoms with Crippen LogP contribution in [0.25, 0.3) is 5.95 Å². The second-order valence-corrected chi connectivity index (χ2v) is 3.37. The lowest BCUT2D eigenvalue weighted by molar-refractivity contribution is -0.385. The molecule has 0 fully saturated rings. The number of carboxylic acid groups (broad SMARTS) is 1. The first-order chi connectivity index (χ1) is 9.40. The molecule has 0 atom stereocenters. The van der Waals surface area contributed by atoms with Crippen LogP contribution >= 0.6 is 0 Å². The zero-order valence-corrected chi connectivity index (χ0v) is 9.40. The number of hydrogen-bond acceptors (Lipinski definition) is 8. The van der Waals surface area contributed by atoms with E-state index in [2.05, 4.69) is 15.1 Å². The van der Waals surface area contributed by atoms with E-state index in [1.807, 2.05) is 0 Å². The van der Waals surface area contributed by atoms with Crippen LogP contribution in [0.15, 0.2) is 18.6 Å². The van der Waals surface area contributed by atoms with E-state index in [1.54, 1.807) is 0 Å². The van der Waals surface area contributed by atoms with Crippen LogP contribution in [-0.4, -0.2) is 40.7 Å². The predicted molar refractivity (Wildman–Crippen MR) is 59.4 cm³/mol. The zero-order chi connectivity index (χ0) is 14.9. The Balaban J connectivity index is 2.47. The van der Waals surface area contributed by atoms with E-state index < -0.39 is 27.2 Å². The SMILES string of the molecule is O=C(O)c1nn(-c2ncc([N+](=O)[O-])cn2)cc1[N+](=O)[O-]. The van der Waals surface area contributed by atoms with Crippen molar-refractivity contribution in [3.63, 3.8) is 0 Å². The summed E-state index contributed by atoms with van der Waals surface area (Å²) in [4.78, 5) is 37.4. The normalized spacial score (nSPS) is 10.2. The Bertz CT molecular complexity index is 675. The van der Waals surface area contributed by atoms with Crippen LogP contribution < -0.4 is 0 Å². The summed E-state index contributed by atoms with van der Waals surface area (Å²) in [6.45, 7) is 0. The average Bonchev–Trinajstić information content (AvgIpc) is 2.84. The third-order valence-corrected chi connectivity index (χ3v) is 2.13. The molecule has 2 aromatic rings. The maximum absolute atomic E-state index is 10.8. The minimum atomic E-state index is -1.59. The predicted octanol–water partition coefficient (Wildman–Crippen LogP) is 0.177. The van der Waals surface area contributed by atoms with E-state index in [-0.39, 0.29) is 11.6 Å². The van der Waals surface area contributed by atoms with Gasteiger partial charge in [-0.25, -0.2) is 14.8 Å². The highest BCUT2D eigenvalue weighted by Gasteiger charge is 2.26. The van der Waals surface area contributed by atoms with Gasteiger partial charge in [0.15, 0.2) is 0 Å². The van der Waals surface area contributed by atoms with Gasteiger partial charge < -0.3 is 5.11 Å². The molecule has 0 aliphatic rings. The Labute approximate surface area is 108 Å². The molecule has 0 amide bonds. The fourth-order valence-corrected chi connectivity index (χ4v) is 1.28.